The molecule has 4 heteroatoms. The summed E-state index contributed by atoms with van der Waals surface area (Å²) < 4.78 is 10.8. The van der Waals surface area contributed by atoms with Gasteiger partial charge in [0.1, 0.15) is 0 Å². The van der Waals surface area contributed by atoms with E-state index in [4.69, 9.17) is 15.2 Å². The van der Waals surface area contributed by atoms with Crippen LogP contribution in [0.4, 0.5) is 0 Å². The first-order chi connectivity index (χ1) is 9.78. The Balaban J connectivity index is 1.71. The van der Waals surface area contributed by atoms with E-state index in [1.165, 1.54) is 31.2 Å². The van der Waals surface area contributed by atoms with Gasteiger partial charge in [-0.3, -0.25) is 4.90 Å². The number of fused-ring (bicyclic) bond motifs is 1. The van der Waals surface area contributed by atoms with Gasteiger partial charge in [0.2, 0.25) is 6.79 Å². The van der Waals surface area contributed by atoms with Gasteiger partial charge in [-0.25, -0.2) is 0 Å². The Morgan fingerprint density at radius 2 is 2.00 bits per heavy atom. The zero-order valence-electron chi connectivity index (χ0n) is 12.2. The summed E-state index contributed by atoms with van der Waals surface area (Å²) in [5.41, 5.74) is 7.23. The van der Waals surface area contributed by atoms with Crippen molar-refractivity contribution in [1.29, 1.82) is 0 Å². The molecule has 0 aromatic heterocycles. The van der Waals surface area contributed by atoms with Crippen molar-refractivity contribution in [3.05, 3.63) is 23.8 Å². The van der Waals surface area contributed by atoms with Crippen LogP contribution in [0.2, 0.25) is 0 Å². The van der Waals surface area contributed by atoms with Crippen LogP contribution in [-0.4, -0.2) is 31.8 Å². The second-order valence-electron chi connectivity index (χ2n) is 5.95. The first-order valence-corrected chi connectivity index (χ1v) is 7.58. The molecule has 1 saturated carbocycles. The Labute approximate surface area is 120 Å². The summed E-state index contributed by atoms with van der Waals surface area (Å²) in [4.78, 5) is 2.40. The highest BCUT2D eigenvalue weighted by Crippen LogP contribution is 2.35. The predicted molar refractivity (Wildman–Crippen MR) is 78.9 cm³/mol. The second-order valence-corrected chi connectivity index (χ2v) is 5.95. The minimum atomic E-state index is 0.255. The molecule has 2 aliphatic rings. The van der Waals surface area contributed by atoms with Crippen molar-refractivity contribution >= 4 is 0 Å². The second kappa shape index (κ2) is 6.02. The molecule has 20 heavy (non-hydrogen) atoms. The number of rotatable bonds is 5. The van der Waals surface area contributed by atoms with E-state index < -0.39 is 0 Å². The van der Waals surface area contributed by atoms with Crippen LogP contribution in [0.1, 0.15) is 37.3 Å². The fraction of sp³-hybridized carbons (Fsp3) is 0.625. The molecule has 1 heterocycles. The summed E-state index contributed by atoms with van der Waals surface area (Å²) >= 11 is 0. The maximum Gasteiger partial charge on any atom is 0.231 e. The van der Waals surface area contributed by atoms with E-state index in [9.17, 15) is 0 Å². The largest absolute Gasteiger partial charge is 0.454 e. The van der Waals surface area contributed by atoms with Crippen LogP contribution < -0.4 is 15.2 Å². The zero-order valence-corrected chi connectivity index (χ0v) is 12.2. The van der Waals surface area contributed by atoms with E-state index >= 15 is 0 Å². The summed E-state index contributed by atoms with van der Waals surface area (Å²) in [6, 6.07) is 6.43. The van der Waals surface area contributed by atoms with E-state index in [2.05, 4.69) is 24.1 Å². The van der Waals surface area contributed by atoms with E-state index in [0.29, 0.717) is 13.3 Å². The van der Waals surface area contributed by atoms with Gasteiger partial charge in [-0.15, -0.1) is 0 Å². The molecule has 0 bridgehead atoms. The molecule has 1 aromatic carbocycles. The van der Waals surface area contributed by atoms with Gasteiger partial charge in [0.15, 0.2) is 11.5 Å². The maximum atomic E-state index is 6.01. The third kappa shape index (κ3) is 2.76. The summed E-state index contributed by atoms with van der Waals surface area (Å²) in [5, 5.41) is 0. The molecule has 3 rings (SSSR count). The topological polar surface area (TPSA) is 47.7 Å². The molecule has 0 radical (unpaired) electrons. The first-order valence-electron chi connectivity index (χ1n) is 7.58. The molecule has 110 valence electrons. The number of hydrogen-bond acceptors (Lipinski definition) is 4. The lowest BCUT2D eigenvalue weighted by atomic mass is 10.0. The van der Waals surface area contributed by atoms with Crippen molar-refractivity contribution in [3.63, 3.8) is 0 Å². The SMILES string of the molecule is CN(CC1CCCC1)C(CN)c1ccc2c(c1)OCO2. The molecular formula is C16H24N2O2. The minimum Gasteiger partial charge on any atom is -0.454 e. The van der Waals surface area contributed by atoms with E-state index in [1.807, 2.05) is 6.07 Å². The fourth-order valence-electron chi connectivity index (χ4n) is 3.42. The lowest BCUT2D eigenvalue weighted by molar-refractivity contribution is 0.173. The van der Waals surface area contributed by atoms with Gasteiger partial charge in [0, 0.05) is 19.1 Å². The monoisotopic (exact) mass is 276 g/mol. The Hall–Kier alpha value is -1.26. The summed E-state index contributed by atoms with van der Waals surface area (Å²) in [5.74, 6) is 2.52. The minimum absolute atomic E-state index is 0.255. The van der Waals surface area contributed by atoms with E-state index in [0.717, 1.165) is 24.0 Å². The van der Waals surface area contributed by atoms with Crippen LogP contribution in [0.3, 0.4) is 0 Å². The Morgan fingerprint density at radius 1 is 1.25 bits per heavy atom. The maximum absolute atomic E-state index is 6.01. The van der Waals surface area contributed by atoms with Crippen molar-refractivity contribution < 1.29 is 9.47 Å². The molecule has 0 spiro atoms. The van der Waals surface area contributed by atoms with Crippen molar-refractivity contribution in [3.8, 4) is 11.5 Å². The molecular weight excluding hydrogens is 252 g/mol. The van der Waals surface area contributed by atoms with Crippen molar-refractivity contribution in [2.24, 2.45) is 11.7 Å². The first kappa shape index (κ1) is 13.7. The number of likely N-dealkylation sites (N-methyl/N-ethyl adjacent to an activating group) is 1. The fourth-order valence-corrected chi connectivity index (χ4v) is 3.42. The predicted octanol–water partition coefficient (Wildman–Crippen LogP) is 2.54. The third-order valence-electron chi connectivity index (χ3n) is 4.56. The molecule has 1 fully saturated rings. The Bertz CT molecular complexity index is 458. The van der Waals surface area contributed by atoms with Crippen molar-refractivity contribution in [1.82, 2.24) is 4.90 Å². The number of benzene rings is 1. The van der Waals surface area contributed by atoms with Gasteiger partial charge in [-0.05, 0) is 43.5 Å². The molecule has 0 amide bonds. The van der Waals surface area contributed by atoms with Crippen LogP contribution in [0.15, 0.2) is 18.2 Å². The van der Waals surface area contributed by atoms with Gasteiger partial charge in [0.25, 0.3) is 0 Å². The lowest BCUT2D eigenvalue weighted by Crippen LogP contribution is -2.33. The molecule has 1 atom stereocenters. The molecule has 2 N–H and O–H groups in total. The van der Waals surface area contributed by atoms with Crippen LogP contribution >= 0.6 is 0 Å². The Morgan fingerprint density at radius 3 is 2.75 bits per heavy atom. The van der Waals surface area contributed by atoms with Gasteiger partial charge in [-0.1, -0.05) is 18.9 Å². The summed E-state index contributed by atoms with van der Waals surface area (Å²) in [6.07, 6.45) is 5.50. The van der Waals surface area contributed by atoms with Crippen molar-refractivity contribution in [2.75, 3.05) is 26.9 Å². The average Bonchev–Trinajstić information content (AvgIpc) is 3.09. The third-order valence-corrected chi connectivity index (χ3v) is 4.56. The molecule has 4 nitrogen and oxygen atoms in total. The van der Waals surface area contributed by atoms with Crippen LogP contribution in [0.25, 0.3) is 0 Å². The highest BCUT2D eigenvalue weighted by molar-refractivity contribution is 5.45. The number of hydrogen-bond donors (Lipinski definition) is 1. The Kier molecular flexibility index (Phi) is 4.13. The number of nitrogens with two attached hydrogens (primary N) is 1. The molecule has 1 aliphatic carbocycles. The average molecular weight is 276 g/mol. The number of nitrogens with zero attached hydrogens (tertiary/aromatic N) is 1. The number of ether oxygens (including phenoxy) is 2. The van der Waals surface area contributed by atoms with Crippen LogP contribution in [0.5, 0.6) is 11.5 Å². The highest BCUT2D eigenvalue weighted by atomic mass is 16.7. The zero-order chi connectivity index (χ0) is 13.9. The van der Waals surface area contributed by atoms with Gasteiger partial charge >= 0.3 is 0 Å². The van der Waals surface area contributed by atoms with Gasteiger partial charge < -0.3 is 15.2 Å². The normalized spacial score (nSPS) is 19.8. The van der Waals surface area contributed by atoms with E-state index in [1.54, 1.807) is 0 Å². The van der Waals surface area contributed by atoms with Crippen LogP contribution in [0, 0.1) is 5.92 Å². The smallest absolute Gasteiger partial charge is 0.231 e. The summed E-state index contributed by atoms with van der Waals surface area (Å²) in [7, 11) is 2.18. The van der Waals surface area contributed by atoms with E-state index in [-0.39, 0.29) is 6.04 Å². The van der Waals surface area contributed by atoms with Crippen molar-refractivity contribution in [2.45, 2.75) is 31.7 Å². The molecule has 1 aliphatic heterocycles. The van der Waals surface area contributed by atoms with Crippen LogP contribution in [-0.2, 0) is 0 Å². The molecule has 0 saturated heterocycles. The quantitative estimate of drug-likeness (QED) is 0.898. The molecule has 1 unspecified atom stereocenters. The highest BCUT2D eigenvalue weighted by Gasteiger charge is 2.23. The van der Waals surface area contributed by atoms with Gasteiger partial charge in [0.05, 0.1) is 0 Å². The van der Waals surface area contributed by atoms with Gasteiger partial charge in [-0.2, -0.15) is 0 Å². The molecule has 1 aromatic rings. The standard InChI is InChI=1S/C16H24N2O2/c1-18(10-12-4-2-3-5-12)14(9-17)13-6-7-15-16(8-13)20-11-19-15/h6-8,12,14H,2-5,9-11,17H2,1H3. The lowest BCUT2D eigenvalue weighted by Gasteiger charge is -2.29. The summed E-state index contributed by atoms with van der Waals surface area (Å²) in [6.45, 7) is 2.09.